The van der Waals surface area contributed by atoms with E-state index in [1.165, 1.54) is 12.1 Å². The summed E-state index contributed by atoms with van der Waals surface area (Å²) < 4.78 is 0. The molecule has 0 amide bonds. The molecule has 1 rings (SSSR count). The minimum atomic E-state index is -0.155. The number of hydrogen-bond donors (Lipinski definition) is 3. The minimum Gasteiger partial charge on any atom is -0.508 e. The maximum Gasteiger partial charge on any atom is 0.119 e. The first-order valence-corrected chi connectivity index (χ1v) is 6.11. The number of aromatic hydroxyl groups is 2. The molecule has 1 unspecified atom stereocenters. The van der Waals surface area contributed by atoms with Crippen LogP contribution in [0.15, 0.2) is 18.2 Å². The van der Waals surface area contributed by atoms with Gasteiger partial charge >= 0.3 is 0 Å². The van der Waals surface area contributed by atoms with Gasteiger partial charge in [-0.1, -0.05) is 20.3 Å². The van der Waals surface area contributed by atoms with E-state index < -0.39 is 0 Å². The van der Waals surface area contributed by atoms with E-state index in [0.29, 0.717) is 0 Å². The molecule has 1 aromatic rings. The Morgan fingerprint density at radius 1 is 1.29 bits per heavy atom. The van der Waals surface area contributed by atoms with Crippen molar-refractivity contribution in [3.05, 3.63) is 23.8 Å². The summed E-state index contributed by atoms with van der Waals surface area (Å²) in [6, 6.07) is 4.89. The van der Waals surface area contributed by atoms with Gasteiger partial charge in [-0.15, -0.1) is 0 Å². The monoisotopic (exact) mass is 237 g/mol. The van der Waals surface area contributed by atoms with Gasteiger partial charge < -0.3 is 15.9 Å². The third-order valence-electron chi connectivity index (χ3n) is 3.17. The first-order valence-electron chi connectivity index (χ1n) is 6.11. The van der Waals surface area contributed by atoms with Gasteiger partial charge in [-0.25, -0.2) is 0 Å². The summed E-state index contributed by atoms with van der Waals surface area (Å²) >= 11 is 0. The maximum atomic E-state index is 9.84. The lowest BCUT2D eigenvalue weighted by molar-refractivity contribution is 0.398. The van der Waals surface area contributed by atoms with Crippen molar-refractivity contribution in [1.82, 2.24) is 0 Å². The summed E-state index contributed by atoms with van der Waals surface area (Å²) in [6.07, 6.45) is 2.92. The molecule has 1 aromatic carbocycles. The molecule has 0 aromatic heterocycles. The largest absolute Gasteiger partial charge is 0.508 e. The highest BCUT2D eigenvalue weighted by atomic mass is 16.3. The molecule has 0 saturated carbocycles. The normalized spacial score (nSPS) is 13.6. The lowest BCUT2D eigenvalue weighted by atomic mass is 9.79. The SMILES string of the molecule is CC(N)CCCC(C)(C)c1cc(O)ccc1O. The Kier molecular flexibility index (Phi) is 4.40. The van der Waals surface area contributed by atoms with Crippen LogP contribution in [0.2, 0.25) is 0 Å². The van der Waals surface area contributed by atoms with Crippen LogP contribution in [-0.2, 0) is 5.41 Å². The van der Waals surface area contributed by atoms with Gasteiger partial charge in [-0.2, -0.15) is 0 Å². The summed E-state index contributed by atoms with van der Waals surface area (Å²) in [6.45, 7) is 6.14. The third kappa shape index (κ3) is 3.93. The number of phenolic OH excluding ortho intramolecular Hbond substituents is 2. The highest BCUT2D eigenvalue weighted by Crippen LogP contribution is 2.36. The predicted octanol–water partition coefficient (Wildman–Crippen LogP) is 2.89. The number of rotatable bonds is 5. The van der Waals surface area contributed by atoms with E-state index >= 15 is 0 Å². The Morgan fingerprint density at radius 2 is 1.94 bits per heavy atom. The quantitative estimate of drug-likeness (QED) is 0.690. The zero-order chi connectivity index (χ0) is 13.1. The Labute approximate surface area is 103 Å². The van der Waals surface area contributed by atoms with Crippen molar-refractivity contribution < 1.29 is 10.2 Å². The molecule has 0 bridgehead atoms. The van der Waals surface area contributed by atoms with Gasteiger partial charge in [-0.3, -0.25) is 0 Å². The second-order valence-electron chi connectivity index (χ2n) is 5.45. The predicted molar refractivity (Wildman–Crippen MR) is 70.3 cm³/mol. The van der Waals surface area contributed by atoms with Gasteiger partial charge in [0.05, 0.1) is 0 Å². The summed E-state index contributed by atoms with van der Waals surface area (Å²) in [4.78, 5) is 0. The van der Waals surface area contributed by atoms with E-state index in [2.05, 4.69) is 13.8 Å². The van der Waals surface area contributed by atoms with Crippen molar-refractivity contribution in [3.63, 3.8) is 0 Å². The Bertz CT molecular complexity index is 372. The lowest BCUT2D eigenvalue weighted by Crippen LogP contribution is -2.20. The molecule has 3 nitrogen and oxygen atoms in total. The maximum absolute atomic E-state index is 9.84. The van der Waals surface area contributed by atoms with Crippen molar-refractivity contribution in [3.8, 4) is 11.5 Å². The fraction of sp³-hybridized carbons (Fsp3) is 0.571. The minimum absolute atomic E-state index is 0.155. The summed E-state index contributed by atoms with van der Waals surface area (Å²) in [5.41, 5.74) is 6.36. The van der Waals surface area contributed by atoms with Gasteiger partial charge in [0.2, 0.25) is 0 Å². The molecule has 0 spiro atoms. The van der Waals surface area contributed by atoms with E-state index in [1.807, 2.05) is 6.92 Å². The molecule has 96 valence electrons. The molecule has 0 radical (unpaired) electrons. The van der Waals surface area contributed by atoms with Crippen LogP contribution in [0.25, 0.3) is 0 Å². The van der Waals surface area contributed by atoms with Gasteiger partial charge in [0, 0.05) is 11.6 Å². The molecule has 0 aliphatic carbocycles. The van der Waals surface area contributed by atoms with Crippen molar-refractivity contribution in [2.75, 3.05) is 0 Å². The number of benzene rings is 1. The molecule has 4 N–H and O–H groups in total. The average Bonchev–Trinajstić information content (AvgIpc) is 2.20. The molecule has 0 heterocycles. The zero-order valence-electron chi connectivity index (χ0n) is 10.9. The van der Waals surface area contributed by atoms with Gasteiger partial charge in [0.15, 0.2) is 0 Å². The van der Waals surface area contributed by atoms with Crippen molar-refractivity contribution >= 4 is 0 Å². The van der Waals surface area contributed by atoms with E-state index in [0.717, 1.165) is 24.8 Å². The second-order valence-corrected chi connectivity index (χ2v) is 5.45. The van der Waals surface area contributed by atoms with E-state index in [1.54, 1.807) is 6.07 Å². The van der Waals surface area contributed by atoms with Gasteiger partial charge in [-0.05, 0) is 43.4 Å². The Morgan fingerprint density at radius 3 is 2.53 bits per heavy atom. The van der Waals surface area contributed by atoms with Crippen molar-refractivity contribution in [2.45, 2.75) is 51.5 Å². The molecule has 0 fully saturated rings. The molecule has 0 saturated heterocycles. The van der Waals surface area contributed by atoms with E-state index in [9.17, 15) is 10.2 Å². The molecular weight excluding hydrogens is 214 g/mol. The third-order valence-corrected chi connectivity index (χ3v) is 3.17. The molecule has 17 heavy (non-hydrogen) atoms. The summed E-state index contributed by atoms with van der Waals surface area (Å²) in [7, 11) is 0. The van der Waals surface area contributed by atoms with Crippen LogP contribution in [0.5, 0.6) is 11.5 Å². The van der Waals surface area contributed by atoms with Crippen LogP contribution < -0.4 is 5.73 Å². The van der Waals surface area contributed by atoms with Crippen molar-refractivity contribution in [2.24, 2.45) is 5.73 Å². The second kappa shape index (κ2) is 5.41. The van der Waals surface area contributed by atoms with Crippen LogP contribution >= 0.6 is 0 Å². The van der Waals surface area contributed by atoms with Crippen molar-refractivity contribution in [1.29, 1.82) is 0 Å². The van der Waals surface area contributed by atoms with Gasteiger partial charge in [0.25, 0.3) is 0 Å². The smallest absolute Gasteiger partial charge is 0.119 e. The highest BCUT2D eigenvalue weighted by molar-refractivity contribution is 5.42. The average molecular weight is 237 g/mol. The topological polar surface area (TPSA) is 66.5 Å². The summed E-state index contributed by atoms with van der Waals surface area (Å²) in [5.74, 6) is 0.437. The Hall–Kier alpha value is -1.22. The number of nitrogens with two attached hydrogens (primary N) is 1. The van der Waals surface area contributed by atoms with Gasteiger partial charge in [0.1, 0.15) is 11.5 Å². The zero-order valence-corrected chi connectivity index (χ0v) is 10.9. The van der Waals surface area contributed by atoms with E-state index in [-0.39, 0.29) is 23.0 Å². The Balaban J connectivity index is 2.77. The standard InChI is InChI=1S/C14H23NO2/c1-10(15)5-4-8-14(2,3)12-9-11(16)6-7-13(12)17/h6-7,9-10,16-17H,4-5,8,15H2,1-3H3. The van der Waals surface area contributed by atoms with Crippen LogP contribution in [0.1, 0.15) is 45.6 Å². The lowest BCUT2D eigenvalue weighted by Gasteiger charge is -2.26. The number of hydrogen-bond acceptors (Lipinski definition) is 3. The first-order chi connectivity index (χ1) is 7.83. The highest BCUT2D eigenvalue weighted by Gasteiger charge is 2.24. The molecule has 3 heteroatoms. The first kappa shape index (κ1) is 13.8. The van der Waals surface area contributed by atoms with Crippen LogP contribution in [-0.4, -0.2) is 16.3 Å². The summed E-state index contributed by atoms with van der Waals surface area (Å²) in [5, 5.41) is 19.3. The van der Waals surface area contributed by atoms with Crippen LogP contribution in [0.4, 0.5) is 0 Å². The van der Waals surface area contributed by atoms with Crippen LogP contribution in [0, 0.1) is 0 Å². The molecular formula is C14H23NO2. The van der Waals surface area contributed by atoms with Crippen LogP contribution in [0.3, 0.4) is 0 Å². The molecule has 0 aliphatic rings. The number of phenols is 2. The fourth-order valence-electron chi connectivity index (χ4n) is 2.07. The molecule has 1 atom stereocenters. The fourth-order valence-corrected chi connectivity index (χ4v) is 2.07. The van der Waals surface area contributed by atoms with E-state index in [4.69, 9.17) is 5.73 Å². The molecule has 0 aliphatic heterocycles.